The summed E-state index contributed by atoms with van der Waals surface area (Å²) >= 11 is 0. The van der Waals surface area contributed by atoms with Crippen LogP contribution in [0.1, 0.15) is 11.1 Å². The lowest BCUT2D eigenvalue weighted by Crippen LogP contribution is -1.96. The number of aryl methyl sites for hydroxylation is 2. The molecule has 60 valence electrons. The molecule has 11 heavy (non-hydrogen) atoms. The Labute approximate surface area is 67.4 Å². The SMILES string of the molecule is CNc1c(C)cc(N)cc1C. The van der Waals surface area contributed by atoms with Gasteiger partial charge in [0.15, 0.2) is 0 Å². The van der Waals surface area contributed by atoms with E-state index in [-0.39, 0.29) is 0 Å². The van der Waals surface area contributed by atoms with E-state index in [1.165, 1.54) is 16.8 Å². The van der Waals surface area contributed by atoms with Crippen molar-refractivity contribution in [3.05, 3.63) is 23.3 Å². The van der Waals surface area contributed by atoms with Gasteiger partial charge in [-0.3, -0.25) is 0 Å². The quantitative estimate of drug-likeness (QED) is 0.600. The van der Waals surface area contributed by atoms with Crippen LogP contribution in [0.2, 0.25) is 0 Å². The van der Waals surface area contributed by atoms with Gasteiger partial charge in [0, 0.05) is 18.4 Å². The van der Waals surface area contributed by atoms with Gasteiger partial charge >= 0.3 is 0 Å². The van der Waals surface area contributed by atoms with Crippen LogP contribution in [-0.2, 0) is 0 Å². The molecule has 0 bridgehead atoms. The molecule has 1 rings (SSSR count). The van der Waals surface area contributed by atoms with Crippen molar-refractivity contribution >= 4 is 11.4 Å². The molecule has 0 spiro atoms. The number of nitrogen functional groups attached to an aromatic ring is 1. The van der Waals surface area contributed by atoms with Gasteiger partial charge in [-0.25, -0.2) is 0 Å². The summed E-state index contributed by atoms with van der Waals surface area (Å²) in [6.07, 6.45) is 0. The molecular weight excluding hydrogens is 136 g/mol. The van der Waals surface area contributed by atoms with Crippen LogP contribution in [0, 0.1) is 13.8 Å². The Morgan fingerprint density at radius 1 is 1.18 bits per heavy atom. The number of rotatable bonds is 1. The summed E-state index contributed by atoms with van der Waals surface area (Å²) in [5, 5.41) is 3.14. The highest BCUT2D eigenvalue weighted by Crippen LogP contribution is 2.22. The highest BCUT2D eigenvalue weighted by molar-refractivity contribution is 5.62. The molecule has 0 aliphatic carbocycles. The number of anilines is 2. The molecule has 3 N–H and O–H groups in total. The van der Waals surface area contributed by atoms with E-state index in [1.54, 1.807) is 0 Å². The fraction of sp³-hybridized carbons (Fsp3) is 0.333. The van der Waals surface area contributed by atoms with E-state index in [1.807, 2.05) is 19.2 Å². The summed E-state index contributed by atoms with van der Waals surface area (Å²) < 4.78 is 0. The molecule has 0 fully saturated rings. The fourth-order valence-electron chi connectivity index (χ4n) is 1.39. The van der Waals surface area contributed by atoms with Crippen molar-refractivity contribution in [1.82, 2.24) is 0 Å². The van der Waals surface area contributed by atoms with Crippen LogP contribution in [0.3, 0.4) is 0 Å². The van der Waals surface area contributed by atoms with E-state index >= 15 is 0 Å². The van der Waals surface area contributed by atoms with Crippen molar-refractivity contribution in [2.24, 2.45) is 0 Å². The van der Waals surface area contributed by atoms with Gasteiger partial charge in [-0.1, -0.05) is 0 Å². The van der Waals surface area contributed by atoms with Crippen molar-refractivity contribution in [1.29, 1.82) is 0 Å². The molecule has 0 aliphatic heterocycles. The van der Waals surface area contributed by atoms with Gasteiger partial charge in [0.05, 0.1) is 0 Å². The van der Waals surface area contributed by atoms with Crippen molar-refractivity contribution in [3.8, 4) is 0 Å². The molecule has 2 nitrogen and oxygen atoms in total. The van der Waals surface area contributed by atoms with Crippen molar-refractivity contribution in [2.75, 3.05) is 18.1 Å². The molecule has 1 aromatic carbocycles. The lowest BCUT2D eigenvalue weighted by molar-refractivity contribution is 1.34. The molecule has 0 aliphatic rings. The zero-order valence-corrected chi connectivity index (χ0v) is 7.23. The molecule has 0 radical (unpaired) electrons. The van der Waals surface area contributed by atoms with Crippen LogP contribution in [0.4, 0.5) is 11.4 Å². The Morgan fingerprint density at radius 2 is 1.64 bits per heavy atom. The van der Waals surface area contributed by atoms with Gasteiger partial charge in [-0.05, 0) is 37.1 Å². The van der Waals surface area contributed by atoms with Gasteiger partial charge in [0.1, 0.15) is 0 Å². The fourth-order valence-corrected chi connectivity index (χ4v) is 1.39. The standard InChI is InChI=1S/C9H14N2/c1-6-4-8(10)5-7(2)9(6)11-3/h4-5,11H,10H2,1-3H3. The van der Waals surface area contributed by atoms with E-state index in [0.29, 0.717) is 0 Å². The van der Waals surface area contributed by atoms with Gasteiger partial charge in [0.2, 0.25) is 0 Å². The number of nitrogens with two attached hydrogens (primary N) is 1. The predicted octanol–water partition coefficient (Wildman–Crippen LogP) is 1.93. The minimum atomic E-state index is 0.832. The Balaban J connectivity index is 3.25. The largest absolute Gasteiger partial charge is 0.399 e. The molecule has 0 amide bonds. The van der Waals surface area contributed by atoms with E-state index in [2.05, 4.69) is 19.2 Å². The first-order chi connectivity index (χ1) is 5.15. The molecule has 2 heteroatoms. The summed E-state index contributed by atoms with van der Waals surface area (Å²) in [7, 11) is 1.92. The average Bonchev–Trinajstić information content (AvgIpc) is 1.85. The third-order valence-corrected chi connectivity index (χ3v) is 1.81. The summed E-state index contributed by atoms with van der Waals surface area (Å²) in [5.74, 6) is 0. The number of hydrogen-bond acceptors (Lipinski definition) is 2. The molecule has 0 saturated heterocycles. The maximum Gasteiger partial charge on any atom is 0.0398 e. The molecule has 0 unspecified atom stereocenters. The van der Waals surface area contributed by atoms with Crippen LogP contribution in [0.5, 0.6) is 0 Å². The van der Waals surface area contributed by atoms with Crippen LogP contribution in [-0.4, -0.2) is 7.05 Å². The Morgan fingerprint density at radius 3 is 2.00 bits per heavy atom. The van der Waals surface area contributed by atoms with Crippen LogP contribution < -0.4 is 11.1 Å². The van der Waals surface area contributed by atoms with Crippen molar-refractivity contribution < 1.29 is 0 Å². The minimum Gasteiger partial charge on any atom is -0.399 e. The van der Waals surface area contributed by atoms with Crippen molar-refractivity contribution in [3.63, 3.8) is 0 Å². The highest BCUT2D eigenvalue weighted by Gasteiger charge is 1.99. The first kappa shape index (κ1) is 7.92. The second-order valence-electron chi connectivity index (χ2n) is 2.78. The Hall–Kier alpha value is -1.18. The smallest absolute Gasteiger partial charge is 0.0398 e. The summed E-state index contributed by atoms with van der Waals surface area (Å²) in [4.78, 5) is 0. The van der Waals surface area contributed by atoms with E-state index in [9.17, 15) is 0 Å². The zero-order chi connectivity index (χ0) is 8.43. The molecular formula is C9H14N2. The third-order valence-electron chi connectivity index (χ3n) is 1.81. The average molecular weight is 150 g/mol. The second kappa shape index (κ2) is 2.82. The van der Waals surface area contributed by atoms with Gasteiger partial charge < -0.3 is 11.1 Å². The maximum absolute atomic E-state index is 5.66. The first-order valence-corrected chi connectivity index (χ1v) is 3.69. The van der Waals surface area contributed by atoms with E-state index < -0.39 is 0 Å². The monoisotopic (exact) mass is 150 g/mol. The summed E-state index contributed by atoms with van der Waals surface area (Å²) in [5.41, 5.74) is 10.1. The molecule has 0 aromatic heterocycles. The summed E-state index contributed by atoms with van der Waals surface area (Å²) in [6.45, 7) is 4.10. The highest BCUT2D eigenvalue weighted by atomic mass is 14.8. The molecule has 0 atom stereocenters. The van der Waals surface area contributed by atoms with Crippen LogP contribution >= 0.6 is 0 Å². The minimum absolute atomic E-state index is 0.832. The van der Waals surface area contributed by atoms with Gasteiger partial charge in [0.25, 0.3) is 0 Å². The number of hydrogen-bond donors (Lipinski definition) is 2. The normalized spacial score (nSPS) is 9.73. The van der Waals surface area contributed by atoms with Crippen LogP contribution in [0.25, 0.3) is 0 Å². The lowest BCUT2D eigenvalue weighted by Gasteiger charge is -2.09. The Bertz CT molecular complexity index is 243. The Kier molecular flexibility index (Phi) is 2.03. The number of nitrogens with one attached hydrogen (secondary N) is 1. The second-order valence-corrected chi connectivity index (χ2v) is 2.78. The molecule has 0 heterocycles. The zero-order valence-electron chi connectivity index (χ0n) is 7.23. The molecule has 0 saturated carbocycles. The number of benzene rings is 1. The van der Waals surface area contributed by atoms with Gasteiger partial charge in [-0.15, -0.1) is 0 Å². The van der Waals surface area contributed by atoms with Crippen molar-refractivity contribution in [2.45, 2.75) is 13.8 Å². The van der Waals surface area contributed by atoms with E-state index in [0.717, 1.165) is 5.69 Å². The van der Waals surface area contributed by atoms with Gasteiger partial charge in [-0.2, -0.15) is 0 Å². The maximum atomic E-state index is 5.66. The first-order valence-electron chi connectivity index (χ1n) is 3.69. The van der Waals surface area contributed by atoms with Crippen LogP contribution in [0.15, 0.2) is 12.1 Å². The summed E-state index contributed by atoms with van der Waals surface area (Å²) in [6, 6.07) is 3.94. The topological polar surface area (TPSA) is 38.0 Å². The third kappa shape index (κ3) is 1.45. The van der Waals surface area contributed by atoms with E-state index in [4.69, 9.17) is 5.73 Å². The molecule has 1 aromatic rings. The lowest BCUT2D eigenvalue weighted by atomic mass is 10.1. The predicted molar refractivity (Wildman–Crippen MR) is 49.9 cm³/mol.